The van der Waals surface area contributed by atoms with Gasteiger partial charge in [0.1, 0.15) is 0 Å². The molecule has 0 atom stereocenters. The van der Waals surface area contributed by atoms with Crippen molar-refractivity contribution in [3.05, 3.63) is 12.2 Å². The van der Waals surface area contributed by atoms with Crippen LogP contribution in [0.3, 0.4) is 0 Å². The monoisotopic (exact) mass is 104 g/mol. The highest BCUT2D eigenvalue weighted by molar-refractivity contribution is 5.41. The standard InChI is InChI=1S/C8H8/c1-4-6-8(3)7-5-2/h3H2,1-2H3. The van der Waals surface area contributed by atoms with Crippen LogP contribution in [0.15, 0.2) is 12.2 Å². The van der Waals surface area contributed by atoms with Crippen molar-refractivity contribution in [2.45, 2.75) is 13.8 Å². The van der Waals surface area contributed by atoms with E-state index in [1.807, 2.05) is 0 Å². The highest BCUT2D eigenvalue weighted by Crippen LogP contribution is 1.79. The van der Waals surface area contributed by atoms with Gasteiger partial charge in [-0.2, -0.15) is 0 Å². The number of hydrogen-bond donors (Lipinski definition) is 0. The van der Waals surface area contributed by atoms with Crippen LogP contribution in [0.25, 0.3) is 0 Å². The molecule has 0 aliphatic heterocycles. The van der Waals surface area contributed by atoms with E-state index in [1.54, 1.807) is 13.8 Å². The largest absolute Gasteiger partial charge is 0.101 e. The smallest absolute Gasteiger partial charge is 0.0672 e. The third-order valence-corrected chi connectivity index (χ3v) is 0.552. The molecule has 0 fully saturated rings. The minimum Gasteiger partial charge on any atom is -0.101 e. The lowest BCUT2D eigenvalue weighted by Crippen LogP contribution is -1.63. The average molecular weight is 104 g/mol. The van der Waals surface area contributed by atoms with Crippen molar-refractivity contribution >= 4 is 0 Å². The fourth-order valence-corrected chi connectivity index (χ4v) is 0.333. The van der Waals surface area contributed by atoms with E-state index >= 15 is 0 Å². The lowest BCUT2D eigenvalue weighted by molar-refractivity contribution is 1.84. The predicted octanol–water partition coefficient (Wildman–Crippen LogP) is 1.59. The molecule has 0 aromatic heterocycles. The molecular weight excluding hydrogens is 96.1 g/mol. The second-order valence-electron chi connectivity index (χ2n) is 1.23. The Kier molecular flexibility index (Phi) is 3.46. The summed E-state index contributed by atoms with van der Waals surface area (Å²) in [6, 6.07) is 0. The maximum Gasteiger partial charge on any atom is 0.0672 e. The first kappa shape index (κ1) is 6.86. The van der Waals surface area contributed by atoms with Crippen LogP contribution in [0.4, 0.5) is 0 Å². The zero-order chi connectivity index (χ0) is 6.41. The fourth-order valence-electron chi connectivity index (χ4n) is 0.333. The summed E-state index contributed by atoms with van der Waals surface area (Å²) in [6.45, 7) is 7.12. The number of allylic oxidation sites excluding steroid dienone is 1. The third-order valence-electron chi connectivity index (χ3n) is 0.552. The van der Waals surface area contributed by atoms with Gasteiger partial charge in [-0.15, -0.1) is 11.8 Å². The molecular formula is C8H8. The highest BCUT2D eigenvalue weighted by Gasteiger charge is 1.70. The molecule has 40 valence electrons. The van der Waals surface area contributed by atoms with Gasteiger partial charge in [-0.1, -0.05) is 18.4 Å². The normalized spacial score (nSPS) is 5.25. The lowest BCUT2D eigenvalue weighted by Gasteiger charge is -1.72. The van der Waals surface area contributed by atoms with Gasteiger partial charge in [0.15, 0.2) is 0 Å². The topological polar surface area (TPSA) is 0 Å². The Bertz CT molecular complexity index is 166. The van der Waals surface area contributed by atoms with Crippen molar-refractivity contribution < 1.29 is 0 Å². The molecule has 0 aromatic carbocycles. The number of rotatable bonds is 0. The minimum atomic E-state index is 0.690. The Balaban J connectivity index is 3.92. The van der Waals surface area contributed by atoms with Crippen LogP contribution in [0, 0.1) is 23.7 Å². The van der Waals surface area contributed by atoms with Gasteiger partial charge in [-0.3, -0.25) is 0 Å². The Hall–Kier alpha value is -1.14. The van der Waals surface area contributed by atoms with Crippen LogP contribution in [-0.4, -0.2) is 0 Å². The molecule has 0 rings (SSSR count). The van der Waals surface area contributed by atoms with Gasteiger partial charge in [0.25, 0.3) is 0 Å². The molecule has 0 amide bonds. The molecule has 0 radical (unpaired) electrons. The Morgan fingerprint density at radius 1 is 1.12 bits per heavy atom. The lowest BCUT2D eigenvalue weighted by atomic mass is 10.3. The van der Waals surface area contributed by atoms with E-state index in [0.29, 0.717) is 5.57 Å². The summed E-state index contributed by atoms with van der Waals surface area (Å²) in [4.78, 5) is 0. The van der Waals surface area contributed by atoms with E-state index in [0.717, 1.165) is 0 Å². The van der Waals surface area contributed by atoms with Gasteiger partial charge in [0, 0.05) is 0 Å². The minimum absolute atomic E-state index is 0.690. The first-order valence-electron chi connectivity index (χ1n) is 2.35. The molecule has 0 aliphatic rings. The molecule has 0 saturated carbocycles. The van der Waals surface area contributed by atoms with Crippen LogP contribution >= 0.6 is 0 Å². The van der Waals surface area contributed by atoms with E-state index in [4.69, 9.17) is 0 Å². The Morgan fingerprint density at radius 2 is 1.50 bits per heavy atom. The van der Waals surface area contributed by atoms with Crippen molar-refractivity contribution in [1.29, 1.82) is 0 Å². The molecule has 0 bridgehead atoms. The van der Waals surface area contributed by atoms with Gasteiger partial charge in [0.05, 0.1) is 5.57 Å². The van der Waals surface area contributed by atoms with Gasteiger partial charge >= 0.3 is 0 Å². The highest BCUT2D eigenvalue weighted by atomic mass is 13.7. The summed E-state index contributed by atoms with van der Waals surface area (Å²) in [5.41, 5.74) is 0.690. The second kappa shape index (κ2) is 4.03. The van der Waals surface area contributed by atoms with E-state index in [1.165, 1.54) is 0 Å². The van der Waals surface area contributed by atoms with Crippen molar-refractivity contribution in [3.63, 3.8) is 0 Å². The summed E-state index contributed by atoms with van der Waals surface area (Å²) in [6.07, 6.45) is 0. The summed E-state index contributed by atoms with van der Waals surface area (Å²) >= 11 is 0. The average Bonchev–Trinajstić information content (AvgIpc) is 1.68. The maximum atomic E-state index is 3.59. The van der Waals surface area contributed by atoms with Gasteiger partial charge < -0.3 is 0 Å². The van der Waals surface area contributed by atoms with Crippen LogP contribution < -0.4 is 0 Å². The van der Waals surface area contributed by atoms with Gasteiger partial charge in [-0.05, 0) is 13.8 Å². The quantitative estimate of drug-likeness (QED) is 0.409. The van der Waals surface area contributed by atoms with Gasteiger partial charge in [-0.25, -0.2) is 0 Å². The molecule has 0 N–H and O–H groups in total. The zero-order valence-corrected chi connectivity index (χ0v) is 5.21. The van der Waals surface area contributed by atoms with E-state index in [9.17, 15) is 0 Å². The van der Waals surface area contributed by atoms with E-state index in [2.05, 4.69) is 30.3 Å². The first-order valence-corrected chi connectivity index (χ1v) is 2.35. The molecule has 0 unspecified atom stereocenters. The Labute approximate surface area is 50.6 Å². The Morgan fingerprint density at radius 3 is 1.75 bits per heavy atom. The van der Waals surface area contributed by atoms with Crippen LogP contribution in [0.2, 0.25) is 0 Å². The summed E-state index contributed by atoms with van der Waals surface area (Å²) in [7, 11) is 0. The van der Waals surface area contributed by atoms with Crippen molar-refractivity contribution in [1.82, 2.24) is 0 Å². The van der Waals surface area contributed by atoms with Crippen LogP contribution in [-0.2, 0) is 0 Å². The van der Waals surface area contributed by atoms with Crippen LogP contribution in [0.1, 0.15) is 13.8 Å². The fraction of sp³-hybridized carbons (Fsp3) is 0.250. The van der Waals surface area contributed by atoms with Crippen molar-refractivity contribution in [2.24, 2.45) is 0 Å². The summed E-state index contributed by atoms with van der Waals surface area (Å²) < 4.78 is 0. The molecule has 0 saturated heterocycles. The SMILES string of the molecule is C=C(C#CC)C#CC. The first-order chi connectivity index (χ1) is 3.81. The summed E-state index contributed by atoms with van der Waals surface area (Å²) in [5.74, 6) is 10.9. The second-order valence-corrected chi connectivity index (χ2v) is 1.23. The van der Waals surface area contributed by atoms with Crippen molar-refractivity contribution in [2.75, 3.05) is 0 Å². The number of hydrogen-bond acceptors (Lipinski definition) is 0. The summed E-state index contributed by atoms with van der Waals surface area (Å²) in [5, 5.41) is 0. The molecule has 0 heterocycles. The van der Waals surface area contributed by atoms with E-state index in [-0.39, 0.29) is 0 Å². The van der Waals surface area contributed by atoms with Crippen molar-refractivity contribution in [3.8, 4) is 23.7 Å². The molecule has 8 heavy (non-hydrogen) atoms. The molecule has 0 nitrogen and oxygen atoms in total. The third kappa shape index (κ3) is 3.07. The van der Waals surface area contributed by atoms with Crippen LogP contribution in [0.5, 0.6) is 0 Å². The molecule has 0 aliphatic carbocycles. The zero-order valence-electron chi connectivity index (χ0n) is 5.21. The van der Waals surface area contributed by atoms with E-state index < -0.39 is 0 Å². The molecule has 0 aromatic rings. The predicted molar refractivity (Wildman–Crippen MR) is 36.0 cm³/mol. The molecule has 0 heteroatoms. The van der Waals surface area contributed by atoms with Gasteiger partial charge in [0.2, 0.25) is 0 Å². The molecule has 0 spiro atoms. The maximum absolute atomic E-state index is 3.59.